The molecule has 0 aromatic heterocycles. The van der Waals surface area contributed by atoms with Gasteiger partial charge in [0.25, 0.3) is 5.91 Å². The van der Waals surface area contributed by atoms with Crippen molar-refractivity contribution in [1.82, 2.24) is 0 Å². The molecule has 1 N–H and O–H groups in total. The number of nitriles is 1. The molecule has 0 spiro atoms. The fourth-order valence-electron chi connectivity index (χ4n) is 1.66. The topological polar surface area (TPSA) is 62.1 Å². The maximum absolute atomic E-state index is 12.1. The van der Waals surface area contributed by atoms with Crippen molar-refractivity contribution < 1.29 is 9.53 Å². The number of rotatable bonds is 3. The highest BCUT2D eigenvalue weighted by Gasteiger charge is 2.10. The number of benzene rings is 2. The molecule has 2 aromatic rings. The predicted molar refractivity (Wildman–Crippen MR) is 84.8 cm³/mol. The van der Waals surface area contributed by atoms with Crippen LogP contribution in [0.2, 0.25) is 0 Å². The van der Waals surface area contributed by atoms with Crippen molar-refractivity contribution in [2.45, 2.75) is 0 Å². The van der Waals surface area contributed by atoms with Crippen molar-refractivity contribution in [1.29, 1.82) is 5.26 Å². The minimum atomic E-state index is -0.218. The molecule has 0 aliphatic rings. The lowest BCUT2D eigenvalue weighted by atomic mass is 10.1. The lowest BCUT2D eigenvalue weighted by Gasteiger charge is -2.10. The number of methoxy groups -OCH3 is 1. The predicted octanol–water partition coefficient (Wildman–Crippen LogP) is 3.42. The van der Waals surface area contributed by atoms with Gasteiger partial charge < -0.3 is 10.1 Å². The number of carbonyl (C=O) groups excluding carboxylic acids is 1. The van der Waals surface area contributed by atoms with Gasteiger partial charge in [0, 0.05) is 15.2 Å². The number of carbonyl (C=O) groups is 1. The summed E-state index contributed by atoms with van der Waals surface area (Å²) in [7, 11) is 1.50. The van der Waals surface area contributed by atoms with Gasteiger partial charge in [0.05, 0.1) is 24.4 Å². The fourth-order valence-corrected chi connectivity index (χ4v) is 2.02. The first kappa shape index (κ1) is 14.3. The van der Waals surface area contributed by atoms with Crippen LogP contribution in [0, 0.1) is 14.9 Å². The van der Waals surface area contributed by atoms with Gasteiger partial charge in [0.1, 0.15) is 5.75 Å². The van der Waals surface area contributed by atoms with E-state index in [4.69, 9.17) is 10.00 Å². The highest BCUT2D eigenvalue weighted by atomic mass is 127. The Bertz CT molecular complexity index is 675. The van der Waals surface area contributed by atoms with E-state index in [2.05, 4.69) is 27.9 Å². The summed E-state index contributed by atoms with van der Waals surface area (Å²) in [4.78, 5) is 12.1. The molecule has 0 saturated carbocycles. The van der Waals surface area contributed by atoms with Crippen molar-refractivity contribution in [2.75, 3.05) is 12.4 Å². The second-order valence-corrected chi connectivity index (χ2v) is 5.23. The lowest BCUT2D eigenvalue weighted by molar-refractivity contribution is 0.102. The highest BCUT2D eigenvalue weighted by molar-refractivity contribution is 14.1. The Labute approximate surface area is 130 Å². The smallest absolute Gasteiger partial charge is 0.255 e. The van der Waals surface area contributed by atoms with E-state index in [1.807, 2.05) is 18.2 Å². The van der Waals surface area contributed by atoms with E-state index in [1.54, 1.807) is 30.3 Å². The molecule has 0 atom stereocenters. The first-order valence-electron chi connectivity index (χ1n) is 5.79. The SMILES string of the molecule is COc1cc(C#N)ccc1NC(=O)c1ccc(I)cc1. The quantitative estimate of drug-likeness (QED) is 0.833. The Morgan fingerprint density at radius 3 is 2.55 bits per heavy atom. The Morgan fingerprint density at radius 1 is 1.25 bits per heavy atom. The van der Waals surface area contributed by atoms with Gasteiger partial charge in [-0.15, -0.1) is 0 Å². The standard InChI is InChI=1S/C15H11IN2O2/c1-20-14-8-10(9-17)2-7-13(14)18-15(19)11-3-5-12(16)6-4-11/h2-8H,1H3,(H,18,19). The summed E-state index contributed by atoms with van der Waals surface area (Å²) in [6.07, 6.45) is 0. The third-order valence-electron chi connectivity index (χ3n) is 2.69. The zero-order valence-electron chi connectivity index (χ0n) is 10.7. The van der Waals surface area contributed by atoms with Crippen molar-refractivity contribution in [2.24, 2.45) is 0 Å². The summed E-state index contributed by atoms with van der Waals surface area (Å²) < 4.78 is 6.24. The Morgan fingerprint density at radius 2 is 1.95 bits per heavy atom. The number of amides is 1. The molecule has 20 heavy (non-hydrogen) atoms. The number of halogens is 1. The molecule has 0 saturated heterocycles. The molecule has 0 bridgehead atoms. The van der Waals surface area contributed by atoms with Gasteiger partial charge in [-0.3, -0.25) is 4.79 Å². The second kappa shape index (κ2) is 6.39. The van der Waals surface area contributed by atoms with Crippen LogP contribution in [-0.4, -0.2) is 13.0 Å². The van der Waals surface area contributed by atoms with Crippen molar-refractivity contribution in [3.05, 3.63) is 57.2 Å². The van der Waals surface area contributed by atoms with E-state index >= 15 is 0 Å². The zero-order valence-corrected chi connectivity index (χ0v) is 12.8. The van der Waals surface area contributed by atoms with E-state index in [0.29, 0.717) is 22.6 Å². The molecule has 1 amide bonds. The number of ether oxygens (including phenoxy) is 1. The average Bonchev–Trinajstić information content (AvgIpc) is 2.48. The molecule has 0 aliphatic heterocycles. The van der Waals surface area contributed by atoms with Crippen LogP contribution in [0.3, 0.4) is 0 Å². The van der Waals surface area contributed by atoms with Crippen LogP contribution in [-0.2, 0) is 0 Å². The maximum Gasteiger partial charge on any atom is 0.255 e. The summed E-state index contributed by atoms with van der Waals surface area (Å²) in [5.41, 5.74) is 1.58. The van der Waals surface area contributed by atoms with Gasteiger partial charge in [-0.05, 0) is 59.0 Å². The van der Waals surface area contributed by atoms with Gasteiger partial charge in [-0.1, -0.05) is 0 Å². The minimum absolute atomic E-state index is 0.218. The van der Waals surface area contributed by atoms with Crippen molar-refractivity contribution in [3.63, 3.8) is 0 Å². The lowest BCUT2D eigenvalue weighted by Crippen LogP contribution is -2.12. The van der Waals surface area contributed by atoms with Crippen LogP contribution in [0.15, 0.2) is 42.5 Å². The first-order valence-corrected chi connectivity index (χ1v) is 6.87. The summed E-state index contributed by atoms with van der Waals surface area (Å²) >= 11 is 2.18. The summed E-state index contributed by atoms with van der Waals surface area (Å²) in [6, 6.07) is 14.1. The summed E-state index contributed by atoms with van der Waals surface area (Å²) in [5, 5.41) is 11.6. The Hall–Kier alpha value is -2.07. The molecule has 0 heterocycles. The largest absolute Gasteiger partial charge is 0.495 e. The number of nitrogens with one attached hydrogen (secondary N) is 1. The van der Waals surface area contributed by atoms with Gasteiger partial charge in [-0.25, -0.2) is 0 Å². The van der Waals surface area contributed by atoms with E-state index in [9.17, 15) is 4.79 Å². The molecule has 2 rings (SSSR count). The third-order valence-corrected chi connectivity index (χ3v) is 3.40. The average molecular weight is 378 g/mol. The Kier molecular flexibility index (Phi) is 4.58. The number of hydrogen-bond acceptors (Lipinski definition) is 3. The highest BCUT2D eigenvalue weighted by Crippen LogP contribution is 2.25. The molecule has 0 fully saturated rings. The molecule has 4 nitrogen and oxygen atoms in total. The van der Waals surface area contributed by atoms with Crippen molar-refractivity contribution in [3.8, 4) is 11.8 Å². The molecule has 0 radical (unpaired) electrons. The first-order chi connectivity index (χ1) is 9.63. The van der Waals surface area contributed by atoms with E-state index in [1.165, 1.54) is 7.11 Å². The van der Waals surface area contributed by atoms with Gasteiger partial charge in [0.2, 0.25) is 0 Å². The molecule has 0 unspecified atom stereocenters. The number of hydrogen-bond donors (Lipinski definition) is 1. The summed E-state index contributed by atoms with van der Waals surface area (Å²) in [6.45, 7) is 0. The number of nitrogens with zero attached hydrogens (tertiary/aromatic N) is 1. The van der Waals surface area contributed by atoms with E-state index < -0.39 is 0 Å². The van der Waals surface area contributed by atoms with E-state index in [-0.39, 0.29) is 5.91 Å². The molecule has 0 aliphatic carbocycles. The number of anilines is 1. The Balaban J connectivity index is 2.23. The van der Waals surface area contributed by atoms with Gasteiger partial charge in [0.15, 0.2) is 0 Å². The van der Waals surface area contributed by atoms with E-state index in [0.717, 1.165) is 3.57 Å². The monoisotopic (exact) mass is 378 g/mol. The second-order valence-electron chi connectivity index (χ2n) is 3.99. The molecular weight excluding hydrogens is 367 g/mol. The third kappa shape index (κ3) is 3.27. The fraction of sp³-hybridized carbons (Fsp3) is 0.0667. The molecule has 100 valence electrons. The van der Waals surface area contributed by atoms with Crippen LogP contribution in [0.4, 0.5) is 5.69 Å². The summed E-state index contributed by atoms with van der Waals surface area (Å²) in [5.74, 6) is 0.243. The molecular formula is C15H11IN2O2. The zero-order chi connectivity index (χ0) is 14.5. The van der Waals surface area contributed by atoms with Gasteiger partial charge in [-0.2, -0.15) is 5.26 Å². The van der Waals surface area contributed by atoms with Crippen LogP contribution in [0.1, 0.15) is 15.9 Å². The molecule has 2 aromatic carbocycles. The van der Waals surface area contributed by atoms with Gasteiger partial charge >= 0.3 is 0 Å². The van der Waals surface area contributed by atoms with Crippen LogP contribution in [0.25, 0.3) is 0 Å². The van der Waals surface area contributed by atoms with Crippen molar-refractivity contribution >= 4 is 34.2 Å². The van der Waals surface area contributed by atoms with Crippen LogP contribution >= 0.6 is 22.6 Å². The maximum atomic E-state index is 12.1. The normalized spacial score (nSPS) is 9.65. The minimum Gasteiger partial charge on any atom is -0.495 e. The van der Waals surface area contributed by atoms with Crippen LogP contribution in [0.5, 0.6) is 5.75 Å². The molecule has 5 heteroatoms. The van der Waals surface area contributed by atoms with Crippen LogP contribution < -0.4 is 10.1 Å².